The molecule has 8 heteroatoms. The molecular weight excluding hydrogens is 296 g/mol. The molecule has 0 saturated carbocycles. The minimum atomic E-state index is -3.76. The summed E-state index contributed by atoms with van der Waals surface area (Å²) in [6, 6.07) is 3.53. The van der Waals surface area contributed by atoms with E-state index < -0.39 is 10.0 Å². The summed E-state index contributed by atoms with van der Waals surface area (Å²) in [6.07, 6.45) is 0.713. The van der Waals surface area contributed by atoms with E-state index in [2.05, 4.69) is 14.9 Å². The smallest absolute Gasteiger partial charge is 0.266 e. The van der Waals surface area contributed by atoms with Crippen LogP contribution in [-0.2, 0) is 16.4 Å². The lowest BCUT2D eigenvalue weighted by Crippen LogP contribution is -2.16. The zero-order valence-corrected chi connectivity index (χ0v) is 13.1. The van der Waals surface area contributed by atoms with Gasteiger partial charge < -0.3 is 5.73 Å². The van der Waals surface area contributed by atoms with Crippen LogP contribution in [0, 0.1) is 13.8 Å². The Morgan fingerprint density at radius 3 is 2.50 bits per heavy atom. The predicted octanol–water partition coefficient (Wildman–Crippen LogP) is 2.10. The Bertz CT molecular complexity index is 738. The monoisotopic (exact) mass is 312 g/mol. The molecule has 0 unspecified atom stereocenters. The maximum atomic E-state index is 12.4. The molecule has 0 amide bonds. The molecule has 1 heterocycles. The molecule has 6 nitrogen and oxygen atoms in total. The number of hydrogen-bond acceptors (Lipinski definition) is 6. The van der Waals surface area contributed by atoms with Gasteiger partial charge in [0.05, 0.1) is 5.69 Å². The second-order valence-corrected chi connectivity index (χ2v) is 7.08. The van der Waals surface area contributed by atoms with E-state index >= 15 is 0 Å². The lowest BCUT2D eigenvalue weighted by Gasteiger charge is -2.12. The predicted molar refractivity (Wildman–Crippen MR) is 80.4 cm³/mol. The number of hydrogen-bond donors (Lipinski definition) is 2. The standard InChI is InChI=1S/C12H16N4O2S2/c1-4-9-14-15-12(19-9)16-20(17,18)11-8(3)6-5-7(2)10(11)13/h5-6H,4,13H2,1-3H3,(H,15,16). The number of rotatable bonds is 4. The molecule has 0 saturated heterocycles. The van der Waals surface area contributed by atoms with Crippen LogP contribution in [0.2, 0.25) is 0 Å². The summed E-state index contributed by atoms with van der Waals surface area (Å²) < 4.78 is 27.3. The van der Waals surface area contributed by atoms with E-state index in [4.69, 9.17) is 5.73 Å². The van der Waals surface area contributed by atoms with Gasteiger partial charge in [-0.05, 0) is 31.4 Å². The van der Waals surface area contributed by atoms with Crippen molar-refractivity contribution in [2.75, 3.05) is 10.5 Å². The first-order chi connectivity index (χ1) is 9.35. The van der Waals surface area contributed by atoms with E-state index in [0.717, 1.165) is 10.6 Å². The van der Waals surface area contributed by atoms with Crippen LogP contribution in [-0.4, -0.2) is 18.6 Å². The van der Waals surface area contributed by atoms with E-state index in [9.17, 15) is 8.42 Å². The first-order valence-corrected chi connectivity index (χ1v) is 8.36. The van der Waals surface area contributed by atoms with Gasteiger partial charge >= 0.3 is 0 Å². The van der Waals surface area contributed by atoms with Crippen LogP contribution in [0.25, 0.3) is 0 Å². The third kappa shape index (κ3) is 2.75. The number of nitrogens with one attached hydrogen (secondary N) is 1. The molecular formula is C12H16N4O2S2. The van der Waals surface area contributed by atoms with Gasteiger partial charge in [0.25, 0.3) is 10.0 Å². The number of nitrogens with two attached hydrogens (primary N) is 1. The largest absolute Gasteiger partial charge is 0.397 e. The number of nitrogen functional groups attached to an aromatic ring is 1. The summed E-state index contributed by atoms with van der Waals surface area (Å²) >= 11 is 1.22. The van der Waals surface area contributed by atoms with Crippen molar-refractivity contribution in [3.63, 3.8) is 0 Å². The van der Waals surface area contributed by atoms with Crippen LogP contribution in [0.4, 0.5) is 10.8 Å². The van der Waals surface area contributed by atoms with Crippen LogP contribution in [0.1, 0.15) is 23.1 Å². The summed E-state index contributed by atoms with van der Waals surface area (Å²) in [6.45, 7) is 5.41. The van der Waals surface area contributed by atoms with Gasteiger partial charge in [-0.25, -0.2) is 8.42 Å². The zero-order chi connectivity index (χ0) is 14.9. The molecule has 0 bridgehead atoms. The van der Waals surface area contributed by atoms with Crippen molar-refractivity contribution in [3.8, 4) is 0 Å². The molecule has 0 spiro atoms. The molecule has 1 aromatic carbocycles. The zero-order valence-electron chi connectivity index (χ0n) is 11.5. The van der Waals surface area contributed by atoms with E-state index in [1.807, 2.05) is 6.92 Å². The minimum absolute atomic E-state index is 0.103. The second kappa shape index (κ2) is 5.37. The van der Waals surface area contributed by atoms with Crippen molar-refractivity contribution in [2.45, 2.75) is 32.1 Å². The fourth-order valence-electron chi connectivity index (χ4n) is 1.77. The number of sulfonamides is 1. The minimum Gasteiger partial charge on any atom is -0.397 e. The highest BCUT2D eigenvalue weighted by Gasteiger charge is 2.22. The molecule has 2 rings (SSSR count). The lowest BCUT2D eigenvalue weighted by molar-refractivity contribution is 0.601. The molecule has 3 N–H and O–H groups in total. The normalized spacial score (nSPS) is 11.6. The van der Waals surface area contributed by atoms with Gasteiger partial charge in [0, 0.05) is 0 Å². The molecule has 20 heavy (non-hydrogen) atoms. The molecule has 1 aromatic heterocycles. The van der Waals surface area contributed by atoms with Crippen LogP contribution in [0.15, 0.2) is 17.0 Å². The Hall–Kier alpha value is -1.67. The summed E-state index contributed by atoms with van der Waals surface area (Å²) in [5.41, 5.74) is 7.49. The molecule has 0 fully saturated rings. The maximum Gasteiger partial charge on any atom is 0.266 e. The number of benzene rings is 1. The molecule has 108 valence electrons. The summed E-state index contributed by atoms with van der Waals surface area (Å²) in [7, 11) is -3.76. The van der Waals surface area contributed by atoms with Gasteiger partial charge in [-0.3, -0.25) is 4.72 Å². The van der Waals surface area contributed by atoms with Gasteiger partial charge in [0.15, 0.2) is 0 Å². The third-order valence-corrected chi connectivity index (χ3v) is 5.52. The Kier molecular flexibility index (Phi) is 3.96. The van der Waals surface area contributed by atoms with Crippen LogP contribution < -0.4 is 10.5 Å². The Balaban J connectivity index is 2.43. The quantitative estimate of drug-likeness (QED) is 0.842. The van der Waals surface area contributed by atoms with Crippen molar-refractivity contribution >= 4 is 32.2 Å². The summed E-state index contributed by atoms with van der Waals surface area (Å²) in [4.78, 5) is 0.103. The highest BCUT2D eigenvalue weighted by molar-refractivity contribution is 7.93. The number of anilines is 2. The van der Waals surface area contributed by atoms with Crippen molar-refractivity contribution in [2.24, 2.45) is 0 Å². The number of nitrogens with zero attached hydrogens (tertiary/aromatic N) is 2. The molecule has 0 radical (unpaired) electrons. The highest BCUT2D eigenvalue weighted by atomic mass is 32.2. The summed E-state index contributed by atoms with van der Waals surface area (Å²) in [5, 5.41) is 8.73. The topological polar surface area (TPSA) is 98.0 Å². The maximum absolute atomic E-state index is 12.4. The van der Waals surface area contributed by atoms with Crippen LogP contribution in [0.5, 0.6) is 0 Å². The van der Waals surface area contributed by atoms with Crippen molar-refractivity contribution in [1.82, 2.24) is 10.2 Å². The summed E-state index contributed by atoms with van der Waals surface area (Å²) in [5.74, 6) is 0. The van der Waals surface area contributed by atoms with E-state index in [1.165, 1.54) is 11.3 Å². The Labute approximate surface area is 122 Å². The Morgan fingerprint density at radius 1 is 1.25 bits per heavy atom. The molecule has 0 aliphatic carbocycles. The van der Waals surface area contributed by atoms with Gasteiger partial charge in [-0.15, -0.1) is 10.2 Å². The number of aromatic nitrogens is 2. The molecule has 2 aromatic rings. The fourth-order valence-corrected chi connectivity index (χ4v) is 4.11. The van der Waals surface area contributed by atoms with Gasteiger partial charge in [0.2, 0.25) is 5.13 Å². The highest BCUT2D eigenvalue weighted by Crippen LogP contribution is 2.28. The van der Waals surface area contributed by atoms with E-state index in [0.29, 0.717) is 12.0 Å². The van der Waals surface area contributed by atoms with Crippen molar-refractivity contribution in [3.05, 3.63) is 28.3 Å². The lowest BCUT2D eigenvalue weighted by atomic mass is 10.1. The first kappa shape index (κ1) is 14.7. The fraction of sp³-hybridized carbons (Fsp3) is 0.333. The Morgan fingerprint density at radius 2 is 1.90 bits per heavy atom. The van der Waals surface area contributed by atoms with Gasteiger partial charge in [-0.2, -0.15) is 0 Å². The van der Waals surface area contributed by atoms with Crippen molar-refractivity contribution < 1.29 is 8.42 Å². The first-order valence-electron chi connectivity index (χ1n) is 6.06. The number of aryl methyl sites for hydroxylation is 3. The van der Waals surface area contributed by atoms with Crippen LogP contribution in [0.3, 0.4) is 0 Å². The van der Waals surface area contributed by atoms with Crippen molar-refractivity contribution in [1.29, 1.82) is 0 Å². The molecule has 0 aliphatic heterocycles. The van der Waals surface area contributed by atoms with E-state index in [-0.39, 0.29) is 15.7 Å². The average molecular weight is 312 g/mol. The second-order valence-electron chi connectivity index (χ2n) is 4.40. The van der Waals surface area contributed by atoms with E-state index in [1.54, 1.807) is 26.0 Å². The van der Waals surface area contributed by atoms with Crippen LogP contribution >= 0.6 is 11.3 Å². The van der Waals surface area contributed by atoms with Gasteiger partial charge in [0.1, 0.15) is 9.90 Å². The van der Waals surface area contributed by atoms with Gasteiger partial charge in [-0.1, -0.05) is 30.4 Å². The average Bonchev–Trinajstić information content (AvgIpc) is 2.81. The SMILES string of the molecule is CCc1nnc(NS(=O)(=O)c2c(C)ccc(C)c2N)s1. The third-order valence-electron chi connectivity index (χ3n) is 2.87. The molecule has 0 atom stereocenters. The molecule has 0 aliphatic rings.